The van der Waals surface area contributed by atoms with E-state index in [9.17, 15) is 4.79 Å². The summed E-state index contributed by atoms with van der Waals surface area (Å²) in [5, 5.41) is 1.28. The Balaban J connectivity index is 1.82. The third-order valence-corrected chi connectivity index (χ3v) is 8.75. The van der Waals surface area contributed by atoms with Crippen molar-refractivity contribution in [3.05, 3.63) is 140 Å². The van der Waals surface area contributed by atoms with Crippen LogP contribution in [0.25, 0.3) is 11.1 Å². The van der Waals surface area contributed by atoms with E-state index in [0.717, 1.165) is 50.0 Å². The number of rotatable bonds is 6. The number of allylic oxidation sites excluding steroid dienone is 1. The molecule has 0 atom stereocenters. The Bertz CT molecular complexity index is 1370. The van der Waals surface area contributed by atoms with E-state index in [-0.39, 0.29) is 5.76 Å². The Morgan fingerprint density at radius 1 is 0.730 bits per heavy atom. The molecule has 3 aromatic carbocycles. The van der Waals surface area contributed by atoms with Crippen molar-refractivity contribution in [1.82, 2.24) is 0 Å². The largest absolute Gasteiger partial charge is 0.457 e. The van der Waals surface area contributed by atoms with Crippen molar-refractivity contribution in [3.8, 4) is 0 Å². The van der Waals surface area contributed by atoms with E-state index in [1.807, 2.05) is 78.9 Å². The van der Waals surface area contributed by atoms with E-state index >= 15 is 0 Å². The van der Waals surface area contributed by atoms with Crippen molar-refractivity contribution in [2.75, 3.05) is 11.5 Å². The van der Waals surface area contributed by atoms with Gasteiger partial charge in [-0.15, -0.1) is 23.5 Å². The summed E-state index contributed by atoms with van der Waals surface area (Å²) in [4.78, 5) is 13.3. The van der Waals surface area contributed by atoms with Gasteiger partial charge in [0.2, 0.25) is 5.76 Å². The van der Waals surface area contributed by atoms with Gasteiger partial charge in [-0.1, -0.05) is 77.8 Å². The molecular formula is C30H22Cl2O3S2. The molecule has 2 heterocycles. The molecule has 5 rings (SSSR count). The van der Waals surface area contributed by atoms with Gasteiger partial charge in [-0.25, -0.2) is 4.79 Å². The molecule has 4 aromatic rings. The molecule has 1 fully saturated rings. The fourth-order valence-electron chi connectivity index (χ4n) is 3.98. The molecule has 1 saturated heterocycles. The highest BCUT2D eigenvalue weighted by Crippen LogP contribution is 2.46. The number of hydrogen-bond donors (Lipinski definition) is 0. The average molecular weight is 566 g/mol. The molecule has 0 unspecified atom stereocenters. The maximum Gasteiger partial charge on any atom is 0.379 e. The van der Waals surface area contributed by atoms with Gasteiger partial charge in [-0.2, -0.15) is 0 Å². The minimum atomic E-state index is -0.542. The fraction of sp³-hybridized carbons (Fsp3) is 0.100. The van der Waals surface area contributed by atoms with Crippen LogP contribution >= 0.6 is 46.7 Å². The summed E-state index contributed by atoms with van der Waals surface area (Å²) in [6.45, 7) is 0. The summed E-state index contributed by atoms with van der Waals surface area (Å²) in [5.41, 5.74) is 4.50. The molecule has 1 aromatic heterocycles. The van der Waals surface area contributed by atoms with Crippen LogP contribution in [-0.4, -0.2) is 17.5 Å². The van der Waals surface area contributed by atoms with Crippen molar-refractivity contribution in [3.63, 3.8) is 0 Å². The van der Waals surface area contributed by atoms with Crippen LogP contribution < -0.4 is 0 Å². The maximum absolute atomic E-state index is 13.3. The number of thioether (sulfide) groups is 2. The topological polar surface area (TPSA) is 39.4 Å². The van der Waals surface area contributed by atoms with Gasteiger partial charge in [0.25, 0.3) is 0 Å². The summed E-state index contributed by atoms with van der Waals surface area (Å²) >= 11 is 15.9. The summed E-state index contributed by atoms with van der Waals surface area (Å²) in [6.07, 6.45) is 2.55. The number of esters is 1. The van der Waals surface area contributed by atoms with Gasteiger partial charge in [0, 0.05) is 21.2 Å². The number of halogens is 2. The van der Waals surface area contributed by atoms with Crippen molar-refractivity contribution in [2.45, 2.75) is 6.42 Å². The SMILES string of the molecule is O=C(OC(=C1SCCCS1)C(=C(c1ccc(Cl)cc1)c1ccc(Cl)cc1)c1ccccc1)c1ccco1. The molecule has 0 radical (unpaired) electrons. The Kier molecular flexibility index (Phi) is 8.47. The Hall–Kier alpha value is -2.83. The Labute approximate surface area is 234 Å². The number of hydrogen-bond acceptors (Lipinski definition) is 5. The zero-order valence-electron chi connectivity index (χ0n) is 19.7. The second kappa shape index (κ2) is 12.1. The smallest absolute Gasteiger partial charge is 0.379 e. The number of benzene rings is 3. The minimum absolute atomic E-state index is 0.149. The Morgan fingerprint density at radius 3 is 1.86 bits per heavy atom. The molecule has 0 amide bonds. The van der Waals surface area contributed by atoms with Crippen LogP contribution in [0.1, 0.15) is 33.7 Å². The number of carbonyl (C=O) groups excluding carboxylic acids is 1. The van der Waals surface area contributed by atoms with Crippen LogP contribution in [0.5, 0.6) is 0 Å². The van der Waals surface area contributed by atoms with E-state index in [1.165, 1.54) is 6.26 Å². The first-order chi connectivity index (χ1) is 18.1. The lowest BCUT2D eigenvalue weighted by molar-refractivity contribution is 0.0606. The van der Waals surface area contributed by atoms with Crippen LogP contribution in [0.3, 0.4) is 0 Å². The van der Waals surface area contributed by atoms with Crippen molar-refractivity contribution in [1.29, 1.82) is 0 Å². The molecule has 1 aliphatic heterocycles. The molecular weight excluding hydrogens is 543 g/mol. The first-order valence-corrected chi connectivity index (χ1v) is 14.4. The lowest BCUT2D eigenvalue weighted by Crippen LogP contribution is -2.10. The predicted octanol–water partition coefficient (Wildman–Crippen LogP) is 9.44. The van der Waals surface area contributed by atoms with Crippen molar-refractivity contribution in [2.24, 2.45) is 0 Å². The molecule has 1 aliphatic rings. The van der Waals surface area contributed by atoms with E-state index in [2.05, 4.69) is 0 Å². The molecule has 0 aliphatic carbocycles. The third-order valence-electron chi connectivity index (χ3n) is 5.66. The molecule has 0 spiro atoms. The highest BCUT2D eigenvalue weighted by Gasteiger charge is 2.27. The molecule has 3 nitrogen and oxygen atoms in total. The average Bonchev–Trinajstić information content (AvgIpc) is 3.48. The number of carbonyl (C=O) groups is 1. The van der Waals surface area contributed by atoms with Gasteiger partial charge >= 0.3 is 5.97 Å². The zero-order chi connectivity index (χ0) is 25.6. The van der Waals surface area contributed by atoms with Gasteiger partial charge in [0.15, 0.2) is 5.76 Å². The van der Waals surface area contributed by atoms with E-state index in [0.29, 0.717) is 15.8 Å². The summed E-state index contributed by atoms with van der Waals surface area (Å²) in [6, 6.07) is 28.6. The van der Waals surface area contributed by atoms with Crippen LogP contribution in [0.15, 0.2) is 112 Å². The molecule has 37 heavy (non-hydrogen) atoms. The van der Waals surface area contributed by atoms with Gasteiger partial charge in [0.1, 0.15) is 0 Å². The van der Waals surface area contributed by atoms with Gasteiger partial charge in [0.05, 0.1) is 10.5 Å². The maximum atomic E-state index is 13.3. The number of furan rings is 1. The molecule has 0 bridgehead atoms. The van der Waals surface area contributed by atoms with Crippen molar-refractivity contribution >= 4 is 63.8 Å². The highest BCUT2D eigenvalue weighted by atomic mass is 35.5. The molecule has 0 saturated carbocycles. The first-order valence-electron chi connectivity index (χ1n) is 11.7. The van der Waals surface area contributed by atoms with Gasteiger partial charge in [-0.3, -0.25) is 0 Å². The van der Waals surface area contributed by atoms with Crippen LogP contribution in [-0.2, 0) is 4.74 Å². The van der Waals surface area contributed by atoms with Crippen LogP contribution in [0, 0.1) is 0 Å². The van der Waals surface area contributed by atoms with Gasteiger partial charge in [-0.05, 0) is 71.0 Å². The van der Waals surface area contributed by atoms with Crippen LogP contribution in [0.4, 0.5) is 0 Å². The molecule has 0 N–H and O–H groups in total. The minimum Gasteiger partial charge on any atom is -0.457 e. The second-order valence-corrected chi connectivity index (χ2v) is 11.5. The van der Waals surface area contributed by atoms with Crippen molar-refractivity contribution < 1.29 is 13.9 Å². The lowest BCUT2D eigenvalue weighted by atomic mass is 9.88. The standard InChI is InChI=1S/C30H22Cl2O3S2/c31-23-13-9-21(10-14-23)26(22-11-15-24(32)16-12-22)27(20-6-2-1-3-7-20)28(30-36-18-5-19-37-30)35-29(33)25-8-4-17-34-25/h1-4,6-17H,5,18-19H2. The monoisotopic (exact) mass is 564 g/mol. The van der Waals surface area contributed by atoms with Gasteiger partial charge < -0.3 is 9.15 Å². The number of ether oxygens (including phenoxy) is 1. The fourth-order valence-corrected chi connectivity index (χ4v) is 6.74. The molecule has 7 heteroatoms. The summed E-state index contributed by atoms with van der Waals surface area (Å²) < 4.78 is 12.5. The third kappa shape index (κ3) is 6.19. The second-order valence-electron chi connectivity index (χ2n) is 8.16. The quantitative estimate of drug-likeness (QED) is 0.132. The Morgan fingerprint density at radius 2 is 1.32 bits per heavy atom. The normalized spacial score (nSPS) is 13.2. The first kappa shape index (κ1) is 25.8. The lowest BCUT2D eigenvalue weighted by Gasteiger charge is -2.23. The van der Waals surface area contributed by atoms with E-state index in [1.54, 1.807) is 35.7 Å². The van der Waals surface area contributed by atoms with E-state index in [4.69, 9.17) is 32.4 Å². The summed E-state index contributed by atoms with van der Waals surface area (Å²) in [5.74, 6) is 2.02. The van der Waals surface area contributed by atoms with E-state index < -0.39 is 5.97 Å². The van der Waals surface area contributed by atoms with Crippen LogP contribution in [0.2, 0.25) is 10.0 Å². The highest BCUT2D eigenvalue weighted by molar-refractivity contribution is 8.22. The molecule has 186 valence electrons. The summed E-state index contributed by atoms with van der Waals surface area (Å²) in [7, 11) is 0. The zero-order valence-corrected chi connectivity index (χ0v) is 22.8. The predicted molar refractivity (Wildman–Crippen MR) is 156 cm³/mol.